The summed E-state index contributed by atoms with van der Waals surface area (Å²) in [4.78, 5) is 25.0. The zero-order valence-corrected chi connectivity index (χ0v) is 16.7. The predicted octanol–water partition coefficient (Wildman–Crippen LogP) is 4.90. The standard InChI is InChI=1S/C24H21ClN2O2/c25-18-13-11-17(12-14-18)16-26-23(28)10-5-15-27-21-8-3-1-6-19(21)24(29)20-7-2-4-9-22(20)27/h1-4,6-9,11-14H,5,10,15-16H2,(H,26,28). The van der Waals surface area contributed by atoms with Gasteiger partial charge in [-0.2, -0.15) is 0 Å². The average molecular weight is 405 g/mol. The van der Waals surface area contributed by atoms with E-state index in [1.165, 1.54) is 0 Å². The third kappa shape index (κ3) is 4.17. The third-order valence-corrected chi connectivity index (χ3v) is 5.32. The Hall–Kier alpha value is -3.11. The number of rotatable bonds is 6. The third-order valence-electron chi connectivity index (χ3n) is 5.07. The van der Waals surface area contributed by atoms with Crippen LogP contribution in [0.5, 0.6) is 0 Å². The maximum absolute atomic E-state index is 12.8. The number of fused-ring (bicyclic) bond motifs is 2. The minimum Gasteiger partial charge on any atom is -0.352 e. The molecule has 3 aromatic carbocycles. The highest BCUT2D eigenvalue weighted by atomic mass is 35.5. The Labute approximate surface area is 173 Å². The molecule has 1 aromatic heterocycles. The second-order valence-corrected chi connectivity index (χ2v) is 7.46. The fourth-order valence-electron chi connectivity index (χ4n) is 3.61. The molecule has 0 aliphatic rings. The van der Waals surface area contributed by atoms with Gasteiger partial charge in [-0.25, -0.2) is 0 Å². The van der Waals surface area contributed by atoms with E-state index in [0.717, 1.165) is 16.6 Å². The Morgan fingerprint density at radius 3 is 2.07 bits per heavy atom. The first-order valence-electron chi connectivity index (χ1n) is 9.65. The van der Waals surface area contributed by atoms with E-state index in [-0.39, 0.29) is 11.3 Å². The van der Waals surface area contributed by atoms with Crippen molar-refractivity contribution in [3.63, 3.8) is 0 Å². The molecule has 4 nitrogen and oxygen atoms in total. The van der Waals surface area contributed by atoms with Crippen LogP contribution in [0.15, 0.2) is 77.6 Å². The normalized spacial score (nSPS) is 11.1. The van der Waals surface area contributed by atoms with E-state index in [0.29, 0.717) is 41.7 Å². The predicted molar refractivity (Wildman–Crippen MR) is 118 cm³/mol. The quantitative estimate of drug-likeness (QED) is 0.464. The Kier molecular flexibility index (Phi) is 5.63. The molecule has 4 rings (SSSR count). The van der Waals surface area contributed by atoms with Gasteiger partial charge < -0.3 is 9.88 Å². The lowest BCUT2D eigenvalue weighted by molar-refractivity contribution is -0.121. The Morgan fingerprint density at radius 1 is 0.862 bits per heavy atom. The number of benzene rings is 3. The zero-order chi connectivity index (χ0) is 20.2. The van der Waals surface area contributed by atoms with Crippen molar-refractivity contribution in [2.45, 2.75) is 25.9 Å². The molecule has 0 bridgehead atoms. The van der Waals surface area contributed by atoms with E-state index < -0.39 is 0 Å². The number of carbonyl (C=O) groups excluding carboxylic acids is 1. The van der Waals surface area contributed by atoms with Gasteiger partial charge >= 0.3 is 0 Å². The minimum absolute atomic E-state index is 0.00889. The minimum atomic E-state index is 0.00889. The van der Waals surface area contributed by atoms with Gasteiger partial charge in [-0.1, -0.05) is 48.0 Å². The molecule has 1 N–H and O–H groups in total. The maximum Gasteiger partial charge on any atom is 0.220 e. The molecule has 0 saturated heterocycles. The molecule has 146 valence electrons. The van der Waals surface area contributed by atoms with Crippen LogP contribution >= 0.6 is 11.6 Å². The van der Waals surface area contributed by atoms with E-state index in [4.69, 9.17) is 11.6 Å². The Balaban J connectivity index is 1.48. The van der Waals surface area contributed by atoms with Crippen molar-refractivity contribution in [3.05, 3.63) is 93.6 Å². The van der Waals surface area contributed by atoms with Gasteiger partial charge in [0.1, 0.15) is 0 Å². The number of nitrogens with zero attached hydrogens (tertiary/aromatic N) is 1. The van der Waals surface area contributed by atoms with Gasteiger partial charge in [0.05, 0.1) is 11.0 Å². The number of halogens is 1. The molecular formula is C24H21ClN2O2. The van der Waals surface area contributed by atoms with Crippen LogP contribution in [0, 0.1) is 0 Å². The summed E-state index contributed by atoms with van der Waals surface area (Å²) in [5.41, 5.74) is 2.86. The number of amides is 1. The molecule has 0 radical (unpaired) electrons. The van der Waals surface area contributed by atoms with Crippen molar-refractivity contribution < 1.29 is 4.79 Å². The number of pyridine rings is 1. The summed E-state index contributed by atoms with van der Waals surface area (Å²) < 4.78 is 2.14. The van der Waals surface area contributed by atoms with Crippen LogP contribution in [0.2, 0.25) is 5.02 Å². The van der Waals surface area contributed by atoms with Gasteiger partial charge in [-0.05, 0) is 48.4 Å². The lowest BCUT2D eigenvalue weighted by Crippen LogP contribution is -2.23. The fraction of sp³-hybridized carbons (Fsp3) is 0.167. The summed E-state index contributed by atoms with van der Waals surface area (Å²) in [6.45, 7) is 1.15. The number of aromatic nitrogens is 1. The summed E-state index contributed by atoms with van der Waals surface area (Å²) in [5.74, 6) is 0.00889. The molecule has 0 fully saturated rings. The molecule has 4 aromatic rings. The number of hydrogen-bond acceptors (Lipinski definition) is 2. The maximum atomic E-state index is 12.8. The van der Waals surface area contributed by atoms with Crippen molar-refractivity contribution in [1.29, 1.82) is 0 Å². The topological polar surface area (TPSA) is 51.1 Å². The van der Waals surface area contributed by atoms with Crippen LogP contribution in [-0.2, 0) is 17.9 Å². The van der Waals surface area contributed by atoms with Crippen LogP contribution in [-0.4, -0.2) is 10.5 Å². The second kappa shape index (κ2) is 8.50. The van der Waals surface area contributed by atoms with E-state index >= 15 is 0 Å². The van der Waals surface area contributed by atoms with Crippen molar-refractivity contribution >= 4 is 39.3 Å². The molecule has 0 unspecified atom stereocenters. The van der Waals surface area contributed by atoms with Gasteiger partial charge in [-0.15, -0.1) is 0 Å². The molecule has 29 heavy (non-hydrogen) atoms. The molecule has 0 atom stereocenters. The first-order chi connectivity index (χ1) is 14.1. The molecule has 1 amide bonds. The van der Waals surface area contributed by atoms with Gasteiger partial charge in [-0.3, -0.25) is 9.59 Å². The molecule has 0 saturated carbocycles. The Morgan fingerprint density at radius 2 is 1.45 bits per heavy atom. The number of aryl methyl sites for hydroxylation is 1. The summed E-state index contributed by atoms with van der Waals surface area (Å²) in [6, 6.07) is 22.7. The molecule has 0 spiro atoms. The van der Waals surface area contributed by atoms with E-state index in [1.54, 1.807) is 0 Å². The van der Waals surface area contributed by atoms with Gasteiger partial charge in [0.25, 0.3) is 0 Å². The number of carbonyl (C=O) groups is 1. The first-order valence-corrected chi connectivity index (χ1v) is 10.0. The van der Waals surface area contributed by atoms with Crippen molar-refractivity contribution in [1.82, 2.24) is 9.88 Å². The fourth-order valence-corrected chi connectivity index (χ4v) is 3.73. The van der Waals surface area contributed by atoms with Crippen molar-refractivity contribution in [2.75, 3.05) is 0 Å². The largest absolute Gasteiger partial charge is 0.352 e. The molecular weight excluding hydrogens is 384 g/mol. The Bertz CT molecular complexity index is 1170. The highest BCUT2D eigenvalue weighted by Gasteiger charge is 2.10. The first kappa shape index (κ1) is 19.2. The second-order valence-electron chi connectivity index (χ2n) is 7.02. The monoisotopic (exact) mass is 404 g/mol. The van der Waals surface area contributed by atoms with Crippen LogP contribution in [0.25, 0.3) is 21.8 Å². The molecule has 5 heteroatoms. The number of para-hydroxylation sites is 2. The van der Waals surface area contributed by atoms with E-state index in [9.17, 15) is 9.59 Å². The van der Waals surface area contributed by atoms with Gasteiger partial charge in [0.15, 0.2) is 5.43 Å². The van der Waals surface area contributed by atoms with E-state index in [2.05, 4.69) is 9.88 Å². The van der Waals surface area contributed by atoms with Crippen molar-refractivity contribution in [3.8, 4) is 0 Å². The van der Waals surface area contributed by atoms with Crippen molar-refractivity contribution in [2.24, 2.45) is 0 Å². The molecule has 0 aliphatic carbocycles. The van der Waals surface area contributed by atoms with Gasteiger partial charge in [0.2, 0.25) is 5.91 Å². The lowest BCUT2D eigenvalue weighted by Gasteiger charge is -2.15. The summed E-state index contributed by atoms with van der Waals surface area (Å²) in [5, 5.41) is 5.04. The van der Waals surface area contributed by atoms with Crippen LogP contribution < -0.4 is 10.7 Å². The smallest absolute Gasteiger partial charge is 0.220 e. The highest BCUT2D eigenvalue weighted by Crippen LogP contribution is 2.19. The van der Waals surface area contributed by atoms with E-state index in [1.807, 2.05) is 72.8 Å². The van der Waals surface area contributed by atoms with Gasteiger partial charge in [0, 0.05) is 35.3 Å². The number of nitrogens with one attached hydrogen (secondary N) is 1. The SMILES string of the molecule is O=C(CCCn1c2ccccc2c(=O)c2ccccc21)NCc1ccc(Cl)cc1. The molecule has 1 heterocycles. The number of hydrogen-bond donors (Lipinski definition) is 1. The molecule has 0 aliphatic heterocycles. The van der Waals surface area contributed by atoms with Crippen LogP contribution in [0.1, 0.15) is 18.4 Å². The lowest BCUT2D eigenvalue weighted by atomic mass is 10.1. The van der Waals surface area contributed by atoms with Crippen LogP contribution in [0.4, 0.5) is 0 Å². The summed E-state index contributed by atoms with van der Waals surface area (Å²) in [7, 11) is 0. The summed E-state index contributed by atoms with van der Waals surface area (Å²) >= 11 is 5.88. The highest BCUT2D eigenvalue weighted by molar-refractivity contribution is 6.30. The average Bonchev–Trinajstić information content (AvgIpc) is 2.76. The zero-order valence-electron chi connectivity index (χ0n) is 15.9. The van der Waals surface area contributed by atoms with Crippen LogP contribution in [0.3, 0.4) is 0 Å². The summed E-state index contributed by atoms with van der Waals surface area (Å²) in [6.07, 6.45) is 1.10.